The normalized spacial score (nSPS) is 43.2. The molecule has 2 heterocycles. The number of carbonyl (C=O) groups excluding carboxylic acids is 1. The molecule has 1 N–H and O–H groups in total. The van der Waals surface area contributed by atoms with Crippen molar-refractivity contribution in [3.8, 4) is 0 Å². The van der Waals surface area contributed by atoms with Crippen LogP contribution in [-0.4, -0.2) is 42.3 Å². The highest BCUT2D eigenvalue weighted by Crippen LogP contribution is 2.29. The fourth-order valence-corrected chi connectivity index (χ4v) is 1.65. The van der Waals surface area contributed by atoms with E-state index in [-0.39, 0.29) is 12.1 Å². The van der Waals surface area contributed by atoms with Crippen LogP contribution >= 0.6 is 0 Å². The molecule has 0 aromatic rings. The van der Waals surface area contributed by atoms with Gasteiger partial charge in [-0.05, 0) is 0 Å². The van der Waals surface area contributed by atoms with Crippen LogP contribution in [0.1, 0.15) is 13.3 Å². The van der Waals surface area contributed by atoms with Crippen LogP contribution < -0.4 is 0 Å². The minimum absolute atomic E-state index is 0.253. The van der Waals surface area contributed by atoms with Gasteiger partial charge in [-0.15, -0.1) is 0 Å². The van der Waals surface area contributed by atoms with E-state index in [1.807, 2.05) is 0 Å². The van der Waals surface area contributed by atoms with E-state index in [0.717, 1.165) is 0 Å². The molecule has 5 heteroatoms. The first kappa shape index (κ1) is 8.93. The number of ether oxygens (including phenoxy) is 3. The Labute approximate surface area is 75.6 Å². The summed E-state index contributed by atoms with van der Waals surface area (Å²) in [5.41, 5.74) is 0. The Balaban J connectivity index is 2.00. The summed E-state index contributed by atoms with van der Waals surface area (Å²) in [4.78, 5) is 10.7. The summed E-state index contributed by atoms with van der Waals surface area (Å²) in [6, 6.07) is 0. The highest BCUT2D eigenvalue weighted by Gasteiger charge is 2.44. The average Bonchev–Trinajstić information content (AvgIpc) is 2.44. The molecule has 0 aliphatic carbocycles. The summed E-state index contributed by atoms with van der Waals surface area (Å²) in [5, 5.41) is 9.48. The summed E-state index contributed by atoms with van der Waals surface area (Å²) >= 11 is 0. The van der Waals surface area contributed by atoms with E-state index in [4.69, 9.17) is 14.2 Å². The Bertz CT molecular complexity index is 217. The Kier molecular flexibility index (Phi) is 2.23. The third-order valence-electron chi connectivity index (χ3n) is 2.26. The maximum absolute atomic E-state index is 10.7. The summed E-state index contributed by atoms with van der Waals surface area (Å²) in [7, 11) is 0. The zero-order valence-corrected chi connectivity index (χ0v) is 7.30. The molecule has 0 amide bonds. The average molecular weight is 188 g/mol. The van der Waals surface area contributed by atoms with Crippen LogP contribution in [0.25, 0.3) is 0 Å². The van der Waals surface area contributed by atoms with Crippen molar-refractivity contribution in [2.45, 2.75) is 37.9 Å². The van der Waals surface area contributed by atoms with E-state index in [2.05, 4.69) is 0 Å². The molecule has 0 aromatic heterocycles. The van der Waals surface area contributed by atoms with Crippen molar-refractivity contribution in [2.24, 2.45) is 0 Å². The smallest absolute Gasteiger partial charge is 0.303 e. The number of hydrogen-bond donors (Lipinski definition) is 1. The SMILES string of the molecule is CC(=O)O[C@H]1C[C@H](O)[C@H]2CO[C@@H]1O2. The quantitative estimate of drug-likeness (QED) is 0.558. The second-order valence-corrected chi connectivity index (χ2v) is 3.33. The summed E-state index contributed by atoms with van der Waals surface area (Å²) in [6.45, 7) is 1.71. The lowest BCUT2D eigenvalue weighted by Crippen LogP contribution is -2.43. The van der Waals surface area contributed by atoms with Crippen molar-refractivity contribution >= 4 is 5.97 Å². The van der Waals surface area contributed by atoms with Crippen LogP contribution in [0, 0.1) is 0 Å². The van der Waals surface area contributed by atoms with Crippen LogP contribution in [-0.2, 0) is 19.0 Å². The Morgan fingerprint density at radius 2 is 2.38 bits per heavy atom. The number of carbonyl (C=O) groups is 1. The van der Waals surface area contributed by atoms with Crippen LogP contribution in [0.3, 0.4) is 0 Å². The molecular formula is C8H12O5. The molecule has 2 aliphatic rings. The van der Waals surface area contributed by atoms with Gasteiger partial charge in [-0.25, -0.2) is 0 Å². The van der Waals surface area contributed by atoms with Gasteiger partial charge in [0.05, 0.1) is 12.7 Å². The maximum atomic E-state index is 10.7. The van der Waals surface area contributed by atoms with Gasteiger partial charge < -0.3 is 19.3 Å². The highest BCUT2D eigenvalue weighted by atomic mass is 16.7. The lowest BCUT2D eigenvalue weighted by molar-refractivity contribution is -0.201. The molecule has 74 valence electrons. The standard InChI is InChI=1S/C8H12O5/c1-4(9)12-6-2-5(10)7-3-11-8(6)13-7/h5-8,10H,2-3H2,1H3/t5-,6-,7+,8+/m0/s1. The largest absolute Gasteiger partial charge is 0.457 e. The van der Waals surface area contributed by atoms with Crippen LogP contribution in [0.15, 0.2) is 0 Å². The van der Waals surface area contributed by atoms with Gasteiger partial charge in [0.25, 0.3) is 0 Å². The first-order valence-electron chi connectivity index (χ1n) is 4.29. The lowest BCUT2D eigenvalue weighted by Gasteiger charge is -2.29. The zero-order chi connectivity index (χ0) is 9.42. The molecule has 2 bridgehead atoms. The van der Waals surface area contributed by atoms with E-state index < -0.39 is 18.5 Å². The van der Waals surface area contributed by atoms with Crippen molar-refractivity contribution in [3.05, 3.63) is 0 Å². The fourth-order valence-electron chi connectivity index (χ4n) is 1.65. The molecule has 5 nitrogen and oxygen atoms in total. The number of esters is 1. The monoisotopic (exact) mass is 188 g/mol. The molecule has 0 saturated carbocycles. The second-order valence-electron chi connectivity index (χ2n) is 3.33. The van der Waals surface area contributed by atoms with Crippen molar-refractivity contribution in [3.63, 3.8) is 0 Å². The summed E-state index contributed by atoms with van der Waals surface area (Å²) < 4.78 is 15.4. The minimum atomic E-state index is -0.594. The summed E-state index contributed by atoms with van der Waals surface area (Å²) in [6.07, 6.45) is -1.40. The Hall–Kier alpha value is -0.650. The topological polar surface area (TPSA) is 65.0 Å². The maximum Gasteiger partial charge on any atom is 0.303 e. The van der Waals surface area contributed by atoms with Crippen molar-refractivity contribution in [2.75, 3.05) is 6.61 Å². The van der Waals surface area contributed by atoms with Gasteiger partial charge in [-0.2, -0.15) is 0 Å². The first-order valence-corrected chi connectivity index (χ1v) is 4.29. The molecule has 13 heavy (non-hydrogen) atoms. The third kappa shape index (κ3) is 1.67. The number of aliphatic hydroxyl groups excluding tert-OH is 1. The predicted octanol–water partition coefficient (Wildman–Crippen LogP) is -0.576. The van der Waals surface area contributed by atoms with Gasteiger partial charge in [-0.1, -0.05) is 0 Å². The number of fused-ring (bicyclic) bond motifs is 2. The van der Waals surface area contributed by atoms with Crippen molar-refractivity contribution < 1.29 is 24.1 Å². The minimum Gasteiger partial charge on any atom is -0.457 e. The second kappa shape index (κ2) is 3.25. The van der Waals surface area contributed by atoms with E-state index in [9.17, 15) is 9.90 Å². The van der Waals surface area contributed by atoms with E-state index in [0.29, 0.717) is 13.0 Å². The van der Waals surface area contributed by atoms with Gasteiger partial charge in [0, 0.05) is 13.3 Å². The van der Waals surface area contributed by atoms with Crippen molar-refractivity contribution in [1.82, 2.24) is 0 Å². The van der Waals surface area contributed by atoms with E-state index >= 15 is 0 Å². The zero-order valence-electron chi connectivity index (χ0n) is 7.30. The first-order chi connectivity index (χ1) is 6.16. The van der Waals surface area contributed by atoms with Gasteiger partial charge in [0.2, 0.25) is 0 Å². The number of hydrogen-bond acceptors (Lipinski definition) is 5. The summed E-state index contributed by atoms with van der Waals surface area (Å²) in [5.74, 6) is -0.380. The molecule has 0 spiro atoms. The number of rotatable bonds is 1. The van der Waals surface area contributed by atoms with E-state index in [1.54, 1.807) is 0 Å². The van der Waals surface area contributed by atoms with Crippen LogP contribution in [0.2, 0.25) is 0 Å². The highest BCUT2D eigenvalue weighted by molar-refractivity contribution is 5.66. The van der Waals surface area contributed by atoms with E-state index in [1.165, 1.54) is 6.92 Å². The molecule has 4 atom stereocenters. The van der Waals surface area contributed by atoms with Crippen LogP contribution in [0.5, 0.6) is 0 Å². The fraction of sp³-hybridized carbons (Fsp3) is 0.875. The lowest BCUT2D eigenvalue weighted by atomic mass is 10.1. The Morgan fingerprint density at radius 3 is 3.08 bits per heavy atom. The molecule has 2 aliphatic heterocycles. The number of aliphatic hydroxyl groups is 1. The molecule has 0 radical (unpaired) electrons. The third-order valence-corrected chi connectivity index (χ3v) is 2.26. The molecule has 2 saturated heterocycles. The predicted molar refractivity (Wildman–Crippen MR) is 40.8 cm³/mol. The molecular weight excluding hydrogens is 176 g/mol. The van der Waals surface area contributed by atoms with Gasteiger partial charge in [0.1, 0.15) is 6.10 Å². The van der Waals surface area contributed by atoms with Crippen LogP contribution in [0.4, 0.5) is 0 Å². The molecule has 0 aromatic carbocycles. The van der Waals surface area contributed by atoms with Gasteiger partial charge in [0.15, 0.2) is 12.4 Å². The molecule has 2 rings (SSSR count). The molecule has 2 fully saturated rings. The Morgan fingerprint density at radius 1 is 1.62 bits per heavy atom. The van der Waals surface area contributed by atoms with Crippen molar-refractivity contribution in [1.29, 1.82) is 0 Å². The van der Waals surface area contributed by atoms with Gasteiger partial charge in [-0.3, -0.25) is 4.79 Å². The molecule has 0 unspecified atom stereocenters. The van der Waals surface area contributed by atoms with Gasteiger partial charge >= 0.3 is 5.97 Å².